The van der Waals surface area contributed by atoms with E-state index in [1.165, 1.54) is 28.7 Å². The number of halogens is 1. The molecular weight excluding hydrogens is 474 g/mol. The van der Waals surface area contributed by atoms with E-state index in [2.05, 4.69) is 5.32 Å². The first-order valence-corrected chi connectivity index (χ1v) is 11.9. The van der Waals surface area contributed by atoms with Crippen molar-refractivity contribution in [1.82, 2.24) is 0 Å². The maximum absolute atomic E-state index is 14.0. The Morgan fingerprint density at radius 2 is 1.76 bits per heavy atom. The van der Waals surface area contributed by atoms with Gasteiger partial charge in [-0.25, -0.2) is 0 Å². The molecule has 5 rings (SSSR count). The molecule has 1 spiro atoms. The van der Waals surface area contributed by atoms with Gasteiger partial charge in [0.1, 0.15) is 12.3 Å². The molecule has 172 valence electrons. The van der Waals surface area contributed by atoms with Gasteiger partial charge in [-0.15, -0.1) is 11.8 Å². The SMILES string of the molecule is COc1ccccc1NC(=O)CN1C(=O)[C@]2(SCC(=O)N2c2ccc(Cl)cc2)c2ccccc21. The van der Waals surface area contributed by atoms with Crippen molar-refractivity contribution in [3.8, 4) is 5.75 Å². The summed E-state index contributed by atoms with van der Waals surface area (Å²) in [7, 11) is 1.52. The summed E-state index contributed by atoms with van der Waals surface area (Å²) in [5.74, 6) is -0.238. The molecule has 3 aromatic carbocycles. The Morgan fingerprint density at radius 1 is 1.06 bits per heavy atom. The molecule has 0 aliphatic carbocycles. The van der Waals surface area contributed by atoms with Crippen LogP contribution in [0.15, 0.2) is 72.8 Å². The van der Waals surface area contributed by atoms with Crippen molar-refractivity contribution in [2.75, 3.05) is 34.5 Å². The van der Waals surface area contributed by atoms with Gasteiger partial charge in [0, 0.05) is 16.3 Å². The van der Waals surface area contributed by atoms with E-state index in [0.29, 0.717) is 33.4 Å². The molecule has 0 radical (unpaired) electrons. The van der Waals surface area contributed by atoms with Crippen LogP contribution in [0.3, 0.4) is 0 Å². The van der Waals surface area contributed by atoms with Gasteiger partial charge in [-0.1, -0.05) is 41.9 Å². The highest BCUT2D eigenvalue weighted by molar-refractivity contribution is 8.02. The number of fused-ring (bicyclic) bond motifs is 2. The minimum atomic E-state index is -1.29. The van der Waals surface area contributed by atoms with Crippen molar-refractivity contribution in [3.05, 3.63) is 83.4 Å². The molecule has 3 amide bonds. The predicted octanol–water partition coefficient (Wildman–Crippen LogP) is 4.27. The van der Waals surface area contributed by atoms with Gasteiger partial charge in [0.05, 0.1) is 24.2 Å². The molecule has 1 saturated heterocycles. The third-order valence-corrected chi connectivity index (χ3v) is 7.47. The molecular formula is C25H20ClN3O4S. The summed E-state index contributed by atoms with van der Waals surface area (Å²) >= 11 is 7.31. The molecule has 3 aromatic rings. The third kappa shape index (κ3) is 3.50. The van der Waals surface area contributed by atoms with Crippen LogP contribution in [0.1, 0.15) is 5.56 Å². The first kappa shape index (κ1) is 22.3. The molecule has 2 heterocycles. The number of carbonyl (C=O) groups excluding carboxylic acids is 3. The highest BCUT2D eigenvalue weighted by Gasteiger charge is 2.61. The van der Waals surface area contributed by atoms with Crippen LogP contribution in [0.4, 0.5) is 17.1 Å². The third-order valence-electron chi connectivity index (χ3n) is 5.83. The second kappa shape index (κ2) is 8.70. The maximum Gasteiger partial charge on any atom is 0.269 e. The van der Waals surface area contributed by atoms with E-state index in [1.54, 1.807) is 54.6 Å². The summed E-state index contributed by atoms with van der Waals surface area (Å²) in [5, 5.41) is 3.35. The highest BCUT2D eigenvalue weighted by atomic mass is 35.5. The van der Waals surface area contributed by atoms with Gasteiger partial charge >= 0.3 is 0 Å². The number of hydrogen-bond donors (Lipinski definition) is 1. The Balaban J connectivity index is 1.51. The van der Waals surface area contributed by atoms with Crippen LogP contribution in [-0.4, -0.2) is 37.1 Å². The molecule has 0 aromatic heterocycles. The summed E-state index contributed by atoms with van der Waals surface area (Å²) in [5.41, 5.74) is 2.36. The zero-order valence-corrected chi connectivity index (χ0v) is 19.7. The average molecular weight is 494 g/mol. The van der Waals surface area contributed by atoms with Crippen LogP contribution in [0.25, 0.3) is 0 Å². The number of methoxy groups -OCH3 is 1. The van der Waals surface area contributed by atoms with Gasteiger partial charge in [-0.2, -0.15) is 0 Å². The van der Waals surface area contributed by atoms with Gasteiger partial charge in [0.25, 0.3) is 5.91 Å². The zero-order chi connectivity index (χ0) is 23.9. The Bertz CT molecular complexity index is 1300. The lowest BCUT2D eigenvalue weighted by Gasteiger charge is -2.33. The van der Waals surface area contributed by atoms with Crippen LogP contribution < -0.4 is 19.9 Å². The van der Waals surface area contributed by atoms with Gasteiger partial charge < -0.3 is 10.1 Å². The fourth-order valence-electron chi connectivity index (χ4n) is 4.38. The van der Waals surface area contributed by atoms with Gasteiger partial charge in [0.15, 0.2) is 0 Å². The summed E-state index contributed by atoms with van der Waals surface area (Å²) < 4.78 is 5.30. The molecule has 0 saturated carbocycles. The zero-order valence-electron chi connectivity index (χ0n) is 18.2. The number of ether oxygens (including phenoxy) is 1. The lowest BCUT2D eigenvalue weighted by Crippen LogP contribution is -2.50. The average Bonchev–Trinajstić information content (AvgIpc) is 3.31. The topological polar surface area (TPSA) is 79.0 Å². The number of carbonyl (C=O) groups is 3. The van der Waals surface area contributed by atoms with E-state index in [0.717, 1.165) is 0 Å². The minimum absolute atomic E-state index is 0.143. The van der Waals surface area contributed by atoms with Crippen LogP contribution >= 0.6 is 23.4 Å². The largest absolute Gasteiger partial charge is 0.495 e. The smallest absolute Gasteiger partial charge is 0.269 e. The van der Waals surface area contributed by atoms with Crippen LogP contribution in [0.2, 0.25) is 5.02 Å². The normalized spacial score (nSPS) is 19.0. The second-order valence-corrected chi connectivity index (χ2v) is 9.40. The number of rotatable bonds is 5. The maximum atomic E-state index is 14.0. The van der Waals surface area contributed by atoms with Crippen molar-refractivity contribution >= 4 is 58.1 Å². The molecule has 1 atom stereocenters. The predicted molar refractivity (Wildman–Crippen MR) is 133 cm³/mol. The number of nitrogens with one attached hydrogen (secondary N) is 1. The lowest BCUT2D eigenvalue weighted by atomic mass is 10.0. The van der Waals surface area contributed by atoms with Crippen molar-refractivity contribution in [3.63, 3.8) is 0 Å². The molecule has 2 aliphatic rings. The second-order valence-electron chi connectivity index (χ2n) is 7.80. The molecule has 1 fully saturated rings. The summed E-state index contributed by atoms with van der Waals surface area (Å²) in [6, 6.07) is 21.1. The van der Waals surface area contributed by atoms with Crippen molar-refractivity contribution in [1.29, 1.82) is 0 Å². The lowest BCUT2D eigenvalue weighted by molar-refractivity contribution is -0.124. The summed E-state index contributed by atoms with van der Waals surface area (Å²) in [6.07, 6.45) is 0. The van der Waals surface area contributed by atoms with Gasteiger partial charge in [-0.05, 0) is 42.5 Å². The number of benzene rings is 3. The standard InChI is InChI=1S/C25H20ClN3O4S/c1-33-21-9-5-3-7-19(21)27-22(30)14-28-20-8-4-2-6-18(20)25(24(28)32)29(23(31)15-34-25)17-12-10-16(26)11-13-17/h2-13H,14-15H2,1H3,(H,27,30)/t25-/m1/s1. The van der Waals surface area contributed by atoms with Crippen molar-refractivity contribution in [2.45, 2.75) is 4.87 Å². The van der Waals surface area contributed by atoms with Crippen molar-refractivity contribution < 1.29 is 19.1 Å². The number of amides is 3. The molecule has 0 bridgehead atoms. The van der Waals surface area contributed by atoms with E-state index < -0.39 is 4.87 Å². The summed E-state index contributed by atoms with van der Waals surface area (Å²) in [4.78, 5) is 41.7. The quantitative estimate of drug-likeness (QED) is 0.574. The fourth-order valence-corrected chi connectivity index (χ4v) is 5.87. The molecule has 2 aliphatic heterocycles. The van der Waals surface area contributed by atoms with E-state index >= 15 is 0 Å². The Hall–Kier alpha value is -3.49. The van der Waals surface area contributed by atoms with Crippen molar-refractivity contribution in [2.24, 2.45) is 0 Å². The number of thioether (sulfide) groups is 1. The van der Waals surface area contributed by atoms with Crippen LogP contribution in [0, 0.1) is 0 Å². The number of para-hydroxylation sites is 3. The van der Waals surface area contributed by atoms with E-state index in [9.17, 15) is 14.4 Å². The fraction of sp³-hybridized carbons (Fsp3) is 0.160. The van der Waals surface area contributed by atoms with Crippen LogP contribution in [-0.2, 0) is 19.3 Å². The molecule has 1 N–H and O–H groups in total. The van der Waals surface area contributed by atoms with Gasteiger partial charge in [0.2, 0.25) is 16.7 Å². The van der Waals surface area contributed by atoms with Crippen LogP contribution in [0.5, 0.6) is 5.75 Å². The highest BCUT2D eigenvalue weighted by Crippen LogP contribution is 2.55. The Morgan fingerprint density at radius 3 is 2.53 bits per heavy atom. The number of nitrogens with zero attached hydrogens (tertiary/aromatic N) is 2. The Labute approximate surface area is 205 Å². The number of hydrogen-bond acceptors (Lipinski definition) is 5. The van der Waals surface area contributed by atoms with E-state index in [4.69, 9.17) is 16.3 Å². The summed E-state index contributed by atoms with van der Waals surface area (Å²) in [6.45, 7) is -0.209. The first-order valence-electron chi connectivity index (χ1n) is 10.5. The van der Waals surface area contributed by atoms with Gasteiger partial charge in [-0.3, -0.25) is 24.2 Å². The molecule has 7 nitrogen and oxygen atoms in total. The number of anilines is 3. The molecule has 9 heteroatoms. The monoisotopic (exact) mass is 493 g/mol. The van der Waals surface area contributed by atoms with E-state index in [-0.39, 0.29) is 30.0 Å². The first-order chi connectivity index (χ1) is 16.5. The van der Waals surface area contributed by atoms with E-state index in [1.807, 2.05) is 18.2 Å². The molecule has 0 unspecified atom stereocenters. The Kier molecular flexibility index (Phi) is 5.71. The minimum Gasteiger partial charge on any atom is -0.495 e. The molecule has 34 heavy (non-hydrogen) atoms.